The zero-order chi connectivity index (χ0) is 13.5. The van der Waals surface area contributed by atoms with E-state index in [0.29, 0.717) is 11.5 Å². The van der Waals surface area contributed by atoms with Crippen LogP contribution in [0.4, 0.5) is 0 Å². The highest BCUT2D eigenvalue weighted by Crippen LogP contribution is 2.40. The van der Waals surface area contributed by atoms with Gasteiger partial charge in [-0.1, -0.05) is 20.8 Å². The largest absolute Gasteiger partial charge is 0.306 e. The molecule has 1 aliphatic carbocycles. The normalized spacial score (nSPS) is 28.2. The van der Waals surface area contributed by atoms with Crippen molar-refractivity contribution in [1.29, 1.82) is 0 Å². The van der Waals surface area contributed by atoms with Crippen LogP contribution in [0.1, 0.15) is 48.8 Å². The van der Waals surface area contributed by atoms with Crippen LogP contribution in [-0.4, -0.2) is 23.0 Å². The third-order valence-electron chi connectivity index (χ3n) is 4.40. The van der Waals surface area contributed by atoms with Crippen LogP contribution in [0.2, 0.25) is 0 Å². The molecule has 0 amide bonds. The van der Waals surface area contributed by atoms with Crippen LogP contribution in [0.3, 0.4) is 0 Å². The molecule has 19 heavy (non-hydrogen) atoms. The fourth-order valence-electron chi connectivity index (χ4n) is 3.01. The van der Waals surface area contributed by atoms with Gasteiger partial charge in [0.2, 0.25) is 0 Å². The highest BCUT2D eigenvalue weighted by atomic mass is 32.2. The van der Waals surface area contributed by atoms with E-state index in [0.717, 1.165) is 12.5 Å². The van der Waals surface area contributed by atoms with Crippen LogP contribution in [0.5, 0.6) is 0 Å². The van der Waals surface area contributed by atoms with Crippen molar-refractivity contribution in [3.8, 4) is 0 Å². The maximum atomic E-state index is 4.93. The molecule has 1 aromatic heterocycles. The predicted molar refractivity (Wildman–Crippen MR) is 85.2 cm³/mol. The number of hydrogen-bond acceptors (Lipinski definition) is 4. The number of aromatic nitrogens is 1. The van der Waals surface area contributed by atoms with Crippen molar-refractivity contribution in [3.63, 3.8) is 0 Å². The second-order valence-corrected chi connectivity index (χ2v) is 9.07. The molecule has 0 aromatic carbocycles. The average molecular weight is 297 g/mol. The van der Waals surface area contributed by atoms with E-state index in [1.54, 1.807) is 4.88 Å². The molecule has 2 atom stereocenters. The number of hydrogen-bond donors (Lipinski definition) is 1. The number of aryl methyl sites for hydroxylation is 1. The van der Waals surface area contributed by atoms with E-state index < -0.39 is 0 Å². The molecule has 2 aliphatic rings. The van der Waals surface area contributed by atoms with Crippen LogP contribution in [0, 0.1) is 11.3 Å². The molecule has 2 nitrogen and oxygen atoms in total. The molecule has 1 saturated heterocycles. The van der Waals surface area contributed by atoms with Gasteiger partial charge in [-0.05, 0) is 30.6 Å². The summed E-state index contributed by atoms with van der Waals surface area (Å²) in [5.74, 6) is 3.25. The minimum atomic E-state index is 0.431. The zero-order valence-corrected chi connectivity index (χ0v) is 13.8. The summed E-state index contributed by atoms with van der Waals surface area (Å²) >= 11 is 4.03. The smallest absolute Gasteiger partial charge is 0.111 e. The van der Waals surface area contributed by atoms with Crippen LogP contribution < -0.4 is 5.32 Å². The van der Waals surface area contributed by atoms with Crippen molar-refractivity contribution in [2.75, 3.05) is 18.1 Å². The first-order chi connectivity index (χ1) is 9.04. The van der Waals surface area contributed by atoms with Gasteiger partial charge < -0.3 is 5.32 Å². The molecule has 0 radical (unpaired) electrons. The standard InChI is InChI=1S/C15H24N2S2/c1-15(2,3)10-4-5-11-13(8-10)19-14(17-11)12-9-18-7-6-16-12/h10,12,16H,4-9H2,1-3H3. The first kappa shape index (κ1) is 13.9. The minimum absolute atomic E-state index is 0.431. The predicted octanol–water partition coefficient (Wildman–Crippen LogP) is 3.67. The van der Waals surface area contributed by atoms with Gasteiger partial charge in [-0.3, -0.25) is 0 Å². The van der Waals surface area contributed by atoms with Gasteiger partial charge in [0.25, 0.3) is 0 Å². The van der Waals surface area contributed by atoms with Gasteiger partial charge in [-0.2, -0.15) is 11.8 Å². The molecule has 1 aromatic rings. The van der Waals surface area contributed by atoms with E-state index >= 15 is 0 Å². The summed E-state index contributed by atoms with van der Waals surface area (Å²) in [5, 5.41) is 4.95. The lowest BCUT2D eigenvalue weighted by Crippen LogP contribution is -2.30. The molecule has 2 heterocycles. The minimum Gasteiger partial charge on any atom is -0.306 e. The summed E-state index contributed by atoms with van der Waals surface area (Å²) < 4.78 is 0. The Hall–Kier alpha value is -0.0600. The number of rotatable bonds is 1. The maximum absolute atomic E-state index is 4.93. The molecule has 0 bridgehead atoms. The molecule has 0 spiro atoms. The lowest BCUT2D eigenvalue weighted by molar-refractivity contribution is 0.217. The Morgan fingerprint density at radius 1 is 1.32 bits per heavy atom. The molecular weight excluding hydrogens is 272 g/mol. The summed E-state index contributed by atoms with van der Waals surface area (Å²) in [7, 11) is 0. The van der Waals surface area contributed by atoms with E-state index in [9.17, 15) is 0 Å². The van der Waals surface area contributed by atoms with Gasteiger partial charge in [0.1, 0.15) is 5.01 Å². The second kappa shape index (κ2) is 5.38. The Morgan fingerprint density at radius 3 is 2.84 bits per heavy atom. The Kier molecular flexibility index (Phi) is 3.93. The third-order valence-corrected chi connectivity index (χ3v) is 6.70. The topological polar surface area (TPSA) is 24.9 Å². The summed E-state index contributed by atoms with van der Waals surface area (Å²) in [6, 6.07) is 0.502. The Morgan fingerprint density at radius 2 is 2.16 bits per heavy atom. The van der Waals surface area contributed by atoms with Crippen LogP contribution >= 0.6 is 23.1 Å². The lowest BCUT2D eigenvalue weighted by Gasteiger charge is -2.33. The van der Waals surface area contributed by atoms with E-state index in [1.165, 1.54) is 41.5 Å². The summed E-state index contributed by atoms with van der Waals surface area (Å²) in [6.07, 6.45) is 3.75. The van der Waals surface area contributed by atoms with E-state index in [1.807, 2.05) is 11.3 Å². The molecule has 3 rings (SSSR count). The quantitative estimate of drug-likeness (QED) is 0.856. The van der Waals surface area contributed by atoms with E-state index in [2.05, 4.69) is 37.8 Å². The Balaban J connectivity index is 1.77. The third kappa shape index (κ3) is 3.01. The van der Waals surface area contributed by atoms with E-state index in [-0.39, 0.29) is 0 Å². The van der Waals surface area contributed by atoms with Gasteiger partial charge in [-0.15, -0.1) is 11.3 Å². The van der Waals surface area contributed by atoms with Crippen molar-refractivity contribution in [3.05, 3.63) is 15.6 Å². The first-order valence-electron chi connectivity index (χ1n) is 7.33. The number of nitrogens with one attached hydrogen (secondary N) is 1. The number of thioether (sulfide) groups is 1. The number of nitrogens with zero attached hydrogens (tertiary/aromatic N) is 1. The summed E-state index contributed by atoms with van der Waals surface area (Å²) in [6.45, 7) is 8.27. The van der Waals surface area contributed by atoms with Gasteiger partial charge in [-0.25, -0.2) is 4.98 Å². The highest BCUT2D eigenvalue weighted by Gasteiger charge is 2.31. The molecule has 1 N–H and O–H groups in total. The first-order valence-corrected chi connectivity index (χ1v) is 9.31. The van der Waals surface area contributed by atoms with Crippen LogP contribution in [-0.2, 0) is 12.8 Å². The van der Waals surface area contributed by atoms with Gasteiger partial charge in [0.05, 0.1) is 11.7 Å². The number of thiazole rings is 1. The molecule has 4 heteroatoms. The Labute approximate surface area is 124 Å². The maximum Gasteiger partial charge on any atom is 0.111 e. The van der Waals surface area contributed by atoms with Crippen molar-refractivity contribution in [2.24, 2.45) is 11.3 Å². The van der Waals surface area contributed by atoms with Crippen LogP contribution in [0.15, 0.2) is 0 Å². The molecular formula is C15H24N2S2. The zero-order valence-electron chi connectivity index (χ0n) is 12.2. The van der Waals surface area contributed by atoms with Crippen molar-refractivity contribution < 1.29 is 0 Å². The second-order valence-electron chi connectivity index (χ2n) is 6.81. The van der Waals surface area contributed by atoms with Crippen LogP contribution in [0.25, 0.3) is 0 Å². The lowest BCUT2D eigenvalue weighted by atomic mass is 9.73. The molecule has 106 valence electrons. The highest BCUT2D eigenvalue weighted by molar-refractivity contribution is 7.99. The van der Waals surface area contributed by atoms with Crippen molar-refractivity contribution >= 4 is 23.1 Å². The molecule has 1 aliphatic heterocycles. The fraction of sp³-hybridized carbons (Fsp3) is 0.800. The molecule has 1 fully saturated rings. The number of fused-ring (bicyclic) bond motifs is 1. The van der Waals surface area contributed by atoms with Gasteiger partial charge >= 0.3 is 0 Å². The summed E-state index contributed by atoms with van der Waals surface area (Å²) in [4.78, 5) is 6.50. The fourth-order valence-corrected chi connectivity index (χ4v) is 5.32. The SMILES string of the molecule is CC(C)(C)C1CCc2nc(C3CSCCN3)sc2C1. The van der Waals surface area contributed by atoms with Crippen molar-refractivity contribution in [2.45, 2.75) is 46.1 Å². The van der Waals surface area contributed by atoms with Gasteiger partial charge in [0.15, 0.2) is 0 Å². The van der Waals surface area contributed by atoms with Gasteiger partial charge in [0, 0.05) is 22.9 Å². The monoisotopic (exact) mass is 296 g/mol. The average Bonchev–Trinajstić information content (AvgIpc) is 2.81. The van der Waals surface area contributed by atoms with Crippen molar-refractivity contribution in [1.82, 2.24) is 10.3 Å². The van der Waals surface area contributed by atoms with E-state index in [4.69, 9.17) is 4.98 Å². The Bertz CT molecular complexity index is 441. The molecule has 0 saturated carbocycles. The summed E-state index contributed by atoms with van der Waals surface area (Å²) in [5.41, 5.74) is 1.83. The molecule has 2 unspecified atom stereocenters.